The van der Waals surface area contributed by atoms with Crippen LogP contribution < -0.4 is 10.6 Å². The van der Waals surface area contributed by atoms with Gasteiger partial charge in [-0.05, 0) is 18.9 Å². The molecule has 0 spiro atoms. The van der Waals surface area contributed by atoms with Gasteiger partial charge in [0.05, 0.1) is 12.0 Å². The van der Waals surface area contributed by atoms with Crippen LogP contribution in [0.5, 0.6) is 0 Å². The Labute approximate surface area is 109 Å². The first-order chi connectivity index (χ1) is 9.04. The summed E-state index contributed by atoms with van der Waals surface area (Å²) in [6, 6.07) is 2.39. The highest BCUT2D eigenvalue weighted by Gasteiger charge is 2.33. The van der Waals surface area contributed by atoms with Crippen LogP contribution in [0.25, 0.3) is 0 Å². The van der Waals surface area contributed by atoms with Crippen LogP contribution in [0.1, 0.15) is 12.8 Å². The number of methoxy groups -OCH3 is 1. The number of ether oxygens (including phenoxy) is 1. The summed E-state index contributed by atoms with van der Waals surface area (Å²) in [7, 11) is 1.33. The quantitative estimate of drug-likeness (QED) is 0.487. The lowest BCUT2D eigenvalue weighted by Gasteiger charge is -2.23. The zero-order valence-corrected chi connectivity index (χ0v) is 10.4. The summed E-state index contributed by atoms with van der Waals surface area (Å²) in [5, 5.41) is 10.7. The van der Waals surface area contributed by atoms with E-state index in [0.717, 1.165) is 6.42 Å². The molecule has 1 atom stereocenters. The van der Waals surface area contributed by atoms with Crippen molar-refractivity contribution in [2.75, 3.05) is 24.3 Å². The Kier molecular flexibility index (Phi) is 3.50. The van der Waals surface area contributed by atoms with E-state index in [1.165, 1.54) is 19.2 Å². The number of nitro groups is 1. The predicted octanol–water partition coefficient (Wildman–Crippen LogP) is 0.714. The van der Waals surface area contributed by atoms with E-state index >= 15 is 0 Å². The van der Waals surface area contributed by atoms with Gasteiger partial charge in [0, 0.05) is 12.6 Å². The molecule has 1 aromatic rings. The summed E-state index contributed by atoms with van der Waals surface area (Å²) in [6.07, 6.45) is 1.50. The lowest BCUT2D eigenvalue weighted by molar-refractivity contribution is -0.384. The molecule has 1 unspecified atom stereocenters. The van der Waals surface area contributed by atoms with Crippen LogP contribution in [0.4, 0.5) is 17.3 Å². The second-order valence-electron chi connectivity index (χ2n) is 4.21. The van der Waals surface area contributed by atoms with Gasteiger partial charge in [-0.2, -0.15) is 0 Å². The molecule has 1 aromatic heterocycles. The zero-order chi connectivity index (χ0) is 14.0. The van der Waals surface area contributed by atoms with Gasteiger partial charge in [0.15, 0.2) is 0 Å². The Morgan fingerprint density at radius 2 is 2.37 bits per heavy atom. The van der Waals surface area contributed by atoms with Crippen molar-refractivity contribution >= 4 is 23.3 Å². The smallest absolute Gasteiger partial charge is 0.328 e. The lowest BCUT2D eigenvalue weighted by Crippen LogP contribution is -2.37. The second kappa shape index (κ2) is 5.09. The van der Waals surface area contributed by atoms with Crippen molar-refractivity contribution in [3.8, 4) is 0 Å². The normalized spacial score (nSPS) is 18.4. The maximum absolute atomic E-state index is 11.6. The first-order valence-corrected chi connectivity index (χ1v) is 5.80. The molecule has 2 N–H and O–H groups in total. The minimum atomic E-state index is -0.589. The molecular weight excluding hydrogens is 252 g/mol. The molecule has 1 aliphatic rings. The van der Waals surface area contributed by atoms with Crippen molar-refractivity contribution < 1.29 is 14.5 Å². The standard InChI is InChI=1S/C11H14N4O4/c1-19-11(16)8-3-2-6-14(8)9-5-4-7(15(17)18)10(12)13-9/h4-5,8H,2-3,6H2,1H3,(H2,12,13). The molecular formula is C11H14N4O4. The van der Waals surface area contributed by atoms with Crippen LogP contribution in [0, 0.1) is 10.1 Å². The number of esters is 1. The molecule has 2 rings (SSSR count). The summed E-state index contributed by atoms with van der Waals surface area (Å²) >= 11 is 0. The maximum Gasteiger partial charge on any atom is 0.328 e. The molecule has 19 heavy (non-hydrogen) atoms. The molecule has 8 heteroatoms. The number of anilines is 2. The number of nitrogen functional groups attached to an aromatic ring is 1. The molecule has 8 nitrogen and oxygen atoms in total. The van der Waals surface area contributed by atoms with Crippen LogP contribution in [0.3, 0.4) is 0 Å². The monoisotopic (exact) mass is 266 g/mol. The van der Waals surface area contributed by atoms with Gasteiger partial charge in [-0.1, -0.05) is 0 Å². The number of nitrogens with two attached hydrogens (primary N) is 1. The summed E-state index contributed by atoms with van der Waals surface area (Å²) < 4.78 is 4.73. The number of rotatable bonds is 3. The Bertz CT molecular complexity index is 519. The van der Waals surface area contributed by atoms with Gasteiger partial charge < -0.3 is 15.4 Å². The summed E-state index contributed by atoms with van der Waals surface area (Å²) in [4.78, 5) is 27.5. The van der Waals surface area contributed by atoms with E-state index in [0.29, 0.717) is 18.8 Å². The minimum absolute atomic E-state index is 0.155. The zero-order valence-electron chi connectivity index (χ0n) is 10.4. The molecule has 1 saturated heterocycles. The molecule has 0 amide bonds. The fourth-order valence-corrected chi connectivity index (χ4v) is 2.19. The molecule has 0 saturated carbocycles. The van der Waals surface area contributed by atoms with Crippen LogP contribution in [-0.4, -0.2) is 35.6 Å². The fourth-order valence-electron chi connectivity index (χ4n) is 2.19. The highest BCUT2D eigenvalue weighted by molar-refractivity contribution is 5.80. The van der Waals surface area contributed by atoms with Crippen molar-refractivity contribution in [1.82, 2.24) is 4.98 Å². The Morgan fingerprint density at radius 1 is 1.63 bits per heavy atom. The van der Waals surface area contributed by atoms with Crippen molar-refractivity contribution in [3.05, 3.63) is 22.2 Å². The molecule has 0 radical (unpaired) electrons. The predicted molar refractivity (Wildman–Crippen MR) is 67.7 cm³/mol. The molecule has 1 fully saturated rings. The number of nitrogens with zero attached hydrogens (tertiary/aromatic N) is 3. The van der Waals surface area contributed by atoms with E-state index in [2.05, 4.69) is 4.98 Å². The lowest BCUT2D eigenvalue weighted by atomic mass is 10.2. The molecule has 102 valence electrons. The largest absolute Gasteiger partial charge is 0.467 e. The highest BCUT2D eigenvalue weighted by atomic mass is 16.6. The van der Waals surface area contributed by atoms with Crippen LogP contribution in [0.15, 0.2) is 12.1 Å². The molecule has 2 heterocycles. The number of hydrogen-bond donors (Lipinski definition) is 1. The average Bonchev–Trinajstić information content (AvgIpc) is 2.86. The van der Waals surface area contributed by atoms with Gasteiger partial charge in [-0.25, -0.2) is 9.78 Å². The van der Waals surface area contributed by atoms with Gasteiger partial charge in [0.25, 0.3) is 0 Å². The average molecular weight is 266 g/mol. The first kappa shape index (κ1) is 13.1. The molecule has 0 aromatic carbocycles. The van der Waals surface area contributed by atoms with Crippen molar-refractivity contribution in [3.63, 3.8) is 0 Å². The fraction of sp³-hybridized carbons (Fsp3) is 0.455. The Morgan fingerprint density at radius 3 is 2.95 bits per heavy atom. The number of hydrogen-bond acceptors (Lipinski definition) is 7. The van der Waals surface area contributed by atoms with E-state index in [1.54, 1.807) is 4.90 Å². The van der Waals surface area contributed by atoms with Crippen molar-refractivity contribution in [2.24, 2.45) is 0 Å². The van der Waals surface area contributed by atoms with E-state index in [4.69, 9.17) is 10.5 Å². The minimum Gasteiger partial charge on any atom is -0.467 e. The third-order valence-electron chi connectivity index (χ3n) is 3.10. The number of carbonyl (C=O) groups is 1. The van der Waals surface area contributed by atoms with Gasteiger partial charge in [-0.15, -0.1) is 0 Å². The van der Waals surface area contributed by atoms with Gasteiger partial charge >= 0.3 is 11.7 Å². The van der Waals surface area contributed by atoms with Crippen molar-refractivity contribution in [1.29, 1.82) is 0 Å². The number of carbonyl (C=O) groups excluding carboxylic acids is 1. The summed E-state index contributed by atoms with van der Waals surface area (Å²) in [6.45, 7) is 0.643. The Balaban J connectivity index is 2.29. The molecule has 0 bridgehead atoms. The van der Waals surface area contributed by atoms with Gasteiger partial charge in [0.2, 0.25) is 5.82 Å². The second-order valence-corrected chi connectivity index (χ2v) is 4.21. The maximum atomic E-state index is 11.6. The van der Waals surface area contributed by atoms with E-state index < -0.39 is 11.0 Å². The number of pyridine rings is 1. The third kappa shape index (κ3) is 2.42. The molecule has 1 aliphatic heterocycles. The SMILES string of the molecule is COC(=O)C1CCCN1c1ccc([N+](=O)[O-])c(N)n1. The topological polar surface area (TPSA) is 112 Å². The van der Waals surface area contributed by atoms with Crippen LogP contribution in [-0.2, 0) is 9.53 Å². The van der Waals surface area contributed by atoms with E-state index in [9.17, 15) is 14.9 Å². The molecule has 0 aliphatic carbocycles. The van der Waals surface area contributed by atoms with Crippen LogP contribution in [0.2, 0.25) is 0 Å². The van der Waals surface area contributed by atoms with Crippen LogP contribution >= 0.6 is 0 Å². The van der Waals surface area contributed by atoms with Crippen molar-refractivity contribution in [2.45, 2.75) is 18.9 Å². The summed E-state index contributed by atoms with van der Waals surface area (Å²) in [5.74, 6) is -0.0368. The van der Waals surface area contributed by atoms with E-state index in [-0.39, 0.29) is 17.5 Å². The highest BCUT2D eigenvalue weighted by Crippen LogP contribution is 2.28. The van der Waals surface area contributed by atoms with Gasteiger partial charge in [0.1, 0.15) is 11.9 Å². The third-order valence-corrected chi connectivity index (χ3v) is 3.10. The number of aromatic nitrogens is 1. The van der Waals surface area contributed by atoms with Gasteiger partial charge in [-0.3, -0.25) is 10.1 Å². The summed E-state index contributed by atoms with van der Waals surface area (Å²) in [5.41, 5.74) is 5.31. The Hall–Kier alpha value is -2.38. The first-order valence-electron chi connectivity index (χ1n) is 5.80. The van der Waals surface area contributed by atoms with E-state index in [1.807, 2.05) is 0 Å².